The van der Waals surface area contributed by atoms with E-state index in [0.29, 0.717) is 37.8 Å². The molecule has 184 valence electrons. The van der Waals surface area contributed by atoms with Crippen LogP contribution in [-0.4, -0.2) is 21.8 Å². The van der Waals surface area contributed by atoms with Gasteiger partial charge < -0.3 is 9.72 Å². The molecule has 0 unspecified atom stereocenters. The number of benzene rings is 4. The Balaban J connectivity index is 1.25. The molecule has 9 heteroatoms. The Bertz CT molecular complexity index is 1600. The van der Waals surface area contributed by atoms with E-state index in [4.69, 9.17) is 39.5 Å². The number of carbonyl (C=O) groups excluding carboxylic acids is 2. The summed E-state index contributed by atoms with van der Waals surface area (Å²) in [6, 6.07) is 24.0. The van der Waals surface area contributed by atoms with Gasteiger partial charge in [0.1, 0.15) is 18.2 Å². The lowest BCUT2D eigenvalue weighted by atomic mass is 10.1. The number of hydrogen-bond acceptors (Lipinski definition) is 4. The molecule has 4 aromatic carbocycles. The molecule has 0 atom stereocenters. The third kappa shape index (κ3) is 5.62. The van der Waals surface area contributed by atoms with Crippen LogP contribution in [0.25, 0.3) is 22.4 Å². The highest BCUT2D eigenvalue weighted by molar-refractivity contribution is 6.42. The Hall–Kier alpha value is -3.84. The van der Waals surface area contributed by atoms with Crippen LogP contribution in [0.1, 0.15) is 26.3 Å². The fourth-order valence-electron chi connectivity index (χ4n) is 3.67. The Kier molecular flexibility index (Phi) is 7.15. The number of hydrogen-bond donors (Lipinski definition) is 2. The Morgan fingerprint density at radius 2 is 1.49 bits per heavy atom. The number of aromatic nitrogens is 2. The lowest BCUT2D eigenvalue weighted by molar-refractivity contribution is 0.0849. The van der Waals surface area contributed by atoms with Crippen molar-refractivity contribution in [1.82, 2.24) is 15.3 Å². The molecule has 0 aliphatic carbocycles. The average molecular weight is 551 g/mol. The summed E-state index contributed by atoms with van der Waals surface area (Å²) in [5.74, 6) is -0.00833. The predicted octanol–water partition coefficient (Wildman–Crippen LogP) is 7.34. The van der Waals surface area contributed by atoms with Gasteiger partial charge in [-0.15, -0.1) is 0 Å². The second kappa shape index (κ2) is 10.6. The monoisotopic (exact) mass is 549 g/mol. The first-order valence-electron chi connectivity index (χ1n) is 11.1. The van der Waals surface area contributed by atoms with Crippen LogP contribution in [0.2, 0.25) is 15.1 Å². The smallest absolute Gasteiger partial charge is 0.258 e. The van der Waals surface area contributed by atoms with Crippen molar-refractivity contribution < 1.29 is 14.3 Å². The van der Waals surface area contributed by atoms with Crippen LogP contribution in [0.5, 0.6) is 5.75 Å². The average Bonchev–Trinajstić information content (AvgIpc) is 3.34. The number of ether oxygens (including phenoxy) is 1. The van der Waals surface area contributed by atoms with E-state index in [9.17, 15) is 9.59 Å². The molecule has 0 radical (unpaired) electrons. The van der Waals surface area contributed by atoms with Crippen LogP contribution in [0.3, 0.4) is 0 Å². The number of imide groups is 1. The summed E-state index contributed by atoms with van der Waals surface area (Å²) in [6.45, 7) is 0.283. The zero-order valence-electron chi connectivity index (χ0n) is 19.1. The number of fused-ring (bicyclic) bond motifs is 1. The first-order valence-corrected chi connectivity index (χ1v) is 12.3. The van der Waals surface area contributed by atoms with Crippen molar-refractivity contribution in [3.63, 3.8) is 0 Å². The molecule has 6 nitrogen and oxygen atoms in total. The van der Waals surface area contributed by atoms with E-state index in [1.54, 1.807) is 54.6 Å². The highest BCUT2D eigenvalue weighted by Gasteiger charge is 2.16. The standard InChI is InChI=1S/C28H18Cl3N3O3/c29-21-12-8-18(14-20(21)26-32-24-3-1-2-4-25(24)33-26)28(36)34-27(35)17-6-9-19(10-7-17)37-15-16-5-11-22(30)23(31)13-16/h1-14H,15H2,(H,32,33)(H,34,35,36). The Morgan fingerprint density at radius 1 is 0.784 bits per heavy atom. The largest absolute Gasteiger partial charge is 0.489 e. The van der Waals surface area contributed by atoms with E-state index in [-0.39, 0.29) is 12.2 Å². The van der Waals surface area contributed by atoms with E-state index in [1.165, 1.54) is 0 Å². The van der Waals surface area contributed by atoms with Gasteiger partial charge in [-0.05, 0) is 72.3 Å². The Morgan fingerprint density at radius 3 is 2.24 bits per heavy atom. The topological polar surface area (TPSA) is 84.1 Å². The number of nitrogens with zero attached hydrogens (tertiary/aromatic N) is 1. The molecule has 0 bridgehead atoms. The minimum Gasteiger partial charge on any atom is -0.489 e. The molecule has 5 rings (SSSR count). The van der Waals surface area contributed by atoms with Crippen LogP contribution in [0, 0.1) is 0 Å². The van der Waals surface area contributed by atoms with Crippen molar-refractivity contribution in [3.05, 3.63) is 117 Å². The number of amides is 2. The zero-order chi connectivity index (χ0) is 25.9. The first kappa shape index (κ1) is 24.8. The van der Waals surface area contributed by atoms with Gasteiger partial charge in [-0.1, -0.05) is 53.0 Å². The number of nitrogens with one attached hydrogen (secondary N) is 2. The summed E-state index contributed by atoms with van der Waals surface area (Å²) in [5, 5.41) is 3.76. The van der Waals surface area contributed by atoms with E-state index in [0.717, 1.165) is 16.6 Å². The molecular weight excluding hydrogens is 533 g/mol. The molecule has 1 aromatic heterocycles. The van der Waals surface area contributed by atoms with Gasteiger partial charge in [0.2, 0.25) is 0 Å². The lowest BCUT2D eigenvalue weighted by Gasteiger charge is -2.09. The highest BCUT2D eigenvalue weighted by atomic mass is 35.5. The summed E-state index contributed by atoms with van der Waals surface area (Å²) < 4.78 is 5.74. The summed E-state index contributed by atoms with van der Waals surface area (Å²) >= 11 is 18.3. The van der Waals surface area contributed by atoms with Crippen molar-refractivity contribution in [2.45, 2.75) is 6.61 Å². The molecule has 1 heterocycles. The summed E-state index contributed by atoms with van der Waals surface area (Å²) in [7, 11) is 0. The summed E-state index contributed by atoms with van der Waals surface area (Å²) in [6.07, 6.45) is 0. The van der Waals surface area contributed by atoms with Crippen molar-refractivity contribution >= 4 is 57.7 Å². The first-order chi connectivity index (χ1) is 17.9. The number of rotatable bonds is 6. The minimum absolute atomic E-state index is 0.273. The van der Waals surface area contributed by atoms with Gasteiger partial charge in [0, 0.05) is 16.7 Å². The molecule has 0 saturated carbocycles. The molecule has 2 amide bonds. The SMILES string of the molecule is O=C(NC(=O)c1ccc(Cl)c(-c2nc3ccccc3[nH]2)c1)c1ccc(OCc2ccc(Cl)c(Cl)c2)cc1. The maximum Gasteiger partial charge on any atom is 0.258 e. The maximum atomic E-state index is 12.8. The molecule has 0 fully saturated rings. The molecule has 0 aliphatic rings. The highest BCUT2D eigenvalue weighted by Crippen LogP contribution is 2.29. The van der Waals surface area contributed by atoms with Crippen molar-refractivity contribution in [1.29, 1.82) is 0 Å². The molecule has 0 aliphatic heterocycles. The Labute approximate surface area is 227 Å². The van der Waals surface area contributed by atoms with Crippen molar-refractivity contribution in [2.75, 3.05) is 0 Å². The van der Waals surface area contributed by atoms with Crippen LogP contribution in [0.15, 0.2) is 84.9 Å². The van der Waals surface area contributed by atoms with Crippen LogP contribution in [-0.2, 0) is 6.61 Å². The summed E-state index contributed by atoms with van der Waals surface area (Å²) in [5.41, 5.74) is 3.62. The lowest BCUT2D eigenvalue weighted by Crippen LogP contribution is -2.30. The number of H-pyrrole nitrogens is 1. The molecule has 0 saturated heterocycles. The second-order valence-corrected chi connectivity index (χ2v) is 9.36. The van der Waals surface area contributed by atoms with E-state index in [2.05, 4.69) is 15.3 Å². The predicted molar refractivity (Wildman–Crippen MR) is 146 cm³/mol. The third-order valence-electron chi connectivity index (χ3n) is 5.61. The van der Waals surface area contributed by atoms with Crippen molar-refractivity contribution in [2.24, 2.45) is 0 Å². The van der Waals surface area contributed by atoms with Crippen LogP contribution < -0.4 is 10.1 Å². The second-order valence-electron chi connectivity index (χ2n) is 8.14. The van der Waals surface area contributed by atoms with Gasteiger partial charge in [-0.3, -0.25) is 14.9 Å². The molecule has 2 N–H and O–H groups in total. The molecule has 0 spiro atoms. The maximum absolute atomic E-state index is 12.8. The zero-order valence-corrected chi connectivity index (χ0v) is 21.4. The van der Waals surface area contributed by atoms with Gasteiger partial charge in [0.15, 0.2) is 0 Å². The molecular formula is C28H18Cl3N3O3. The number of carbonyl (C=O) groups is 2. The van der Waals surface area contributed by atoms with Gasteiger partial charge in [-0.25, -0.2) is 4.98 Å². The van der Waals surface area contributed by atoms with Crippen LogP contribution in [0.4, 0.5) is 0 Å². The quantitative estimate of drug-likeness (QED) is 0.217. The number of halogens is 3. The molecule has 5 aromatic rings. The van der Waals surface area contributed by atoms with Gasteiger partial charge >= 0.3 is 0 Å². The summed E-state index contributed by atoms with van der Waals surface area (Å²) in [4.78, 5) is 33.2. The fourth-order valence-corrected chi connectivity index (χ4v) is 4.20. The minimum atomic E-state index is -0.557. The number of imidazole rings is 1. The van der Waals surface area contributed by atoms with Crippen LogP contribution >= 0.6 is 34.8 Å². The fraction of sp³-hybridized carbons (Fsp3) is 0.0357. The van der Waals surface area contributed by atoms with Gasteiger partial charge in [-0.2, -0.15) is 0 Å². The van der Waals surface area contributed by atoms with Crippen molar-refractivity contribution in [3.8, 4) is 17.1 Å². The van der Waals surface area contributed by atoms with Gasteiger partial charge in [0.05, 0.1) is 26.1 Å². The van der Waals surface area contributed by atoms with Gasteiger partial charge in [0.25, 0.3) is 11.8 Å². The molecule has 37 heavy (non-hydrogen) atoms. The van der Waals surface area contributed by atoms with E-state index >= 15 is 0 Å². The van der Waals surface area contributed by atoms with E-state index < -0.39 is 11.8 Å². The van der Waals surface area contributed by atoms with E-state index in [1.807, 2.05) is 30.3 Å². The third-order valence-corrected chi connectivity index (χ3v) is 6.67. The number of aromatic amines is 1. The number of para-hydroxylation sites is 2. The normalized spacial score (nSPS) is 10.9.